The van der Waals surface area contributed by atoms with Crippen molar-refractivity contribution in [2.24, 2.45) is 10.9 Å². The van der Waals surface area contributed by atoms with E-state index in [9.17, 15) is 40.9 Å². The van der Waals surface area contributed by atoms with Gasteiger partial charge in [-0.25, -0.2) is 13.1 Å². The number of phenolic OH excluding ortho intramolecular Hbond substituents is 1. The quantitative estimate of drug-likeness (QED) is 0.131. The summed E-state index contributed by atoms with van der Waals surface area (Å²) in [6.45, 7) is 1.48. The fourth-order valence-corrected chi connectivity index (χ4v) is 8.60. The van der Waals surface area contributed by atoms with Crippen LogP contribution < -0.4 is 9.46 Å². The Morgan fingerprint density at radius 3 is 2.08 bits per heavy atom. The molecule has 0 spiro atoms. The number of aliphatic imine (C=N–C) groups is 1. The highest BCUT2D eigenvalue weighted by Crippen LogP contribution is 2.41. The zero-order valence-electron chi connectivity index (χ0n) is 26.9. The summed E-state index contributed by atoms with van der Waals surface area (Å²) < 4.78 is 70.7. The molecule has 258 valence electrons. The normalized spacial score (nSPS) is 20.4. The summed E-state index contributed by atoms with van der Waals surface area (Å²) in [4.78, 5) is 44.3. The molecule has 1 heterocycles. The van der Waals surface area contributed by atoms with Gasteiger partial charge >= 0.3 is 0 Å². The Bertz CT molecular complexity index is 2520. The minimum absolute atomic E-state index is 0.0239. The van der Waals surface area contributed by atoms with Crippen LogP contribution >= 0.6 is 0 Å². The first kappa shape index (κ1) is 33.9. The highest BCUT2D eigenvalue weighted by Gasteiger charge is 2.48. The number of nitrogens with zero attached hydrogens (tertiary/aromatic N) is 1. The second-order valence-corrected chi connectivity index (χ2v) is 15.5. The summed E-state index contributed by atoms with van der Waals surface area (Å²) in [7, 11) is -8.46. The fraction of sp³-hybridized carbons (Fsp3) is 0.135. The molecule has 1 aliphatic heterocycles. The smallest absolute Gasteiger partial charge is 0.294 e. The van der Waals surface area contributed by atoms with E-state index in [0.717, 1.165) is 42.2 Å². The van der Waals surface area contributed by atoms with E-state index in [0.29, 0.717) is 0 Å². The average Bonchev–Trinajstić information content (AvgIpc) is 3.34. The van der Waals surface area contributed by atoms with Crippen molar-refractivity contribution >= 4 is 54.0 Å². The van der Waals surface area contributed by atoms with Gasteiger partial charge in [0.2, 0.25) is 10.0 Å². The third kappa shape index (κ3) is 5.71. The molecule has 3 aliphatic rings. The number of hydrogen-bond acceptors (Lipinski definition) is 10. The van der Waals surface area contributed by atoms with Gasteiger partial charge < -0.3 is 9.84 Å². The Morgan fingerprint density at radius 1 is 0.882 bits per heavy atom. The number of allylic oxidation sites excluding steroid dienone is 2. The monoisotopic (exact) mass is 724 g/mol. The van der Waals surface area contributed by atoms with E-state index < -0.39 is 70.5 Å². The van der Waals surface area contributed by atoms with Crippen LogP contribution in [0.4, 0.5) is 0 Å². The summed E-state index contributed by atoms with van der Waals surface area (Å²) in [5.41, 5.74) is -1.21. The Labute approximate surface area is 292 Å². The first-order valence-electron chi connectivity index (χ1n) is 15.5. The number of fused-ring (bicyclic) bond motifs is 3. The lowest BCUT2D eigenvalue weighted by Crippen LogP contribution is -2.53. The lowest BCUT2D eigenvalue weighted by Gasteiger charge is -2.39. The number of rotatable bonds is 8. The molecule has 0 saturated carbocycles. The van der Waals surface area contributed by atoms with E-state index in [4.69, 9.17) is 9.73 Å². The van der Waals surface area contributed by atoms with Crippen molar-refractivity contribution in [3.8, 4) is 11.5 Å². The topological polar surface area (TPSA) is 194 Å². The third-order valence-corrected chi connectivity index (χ3v) is 11.6. The number of hydrogen-bond donors (Lipinski definition) is 3. The predicted molar refractivity (Wildman–Crippen MR) is 187 cm³/mol. The number of methoxy groups -OCH3 is 1. The highest BCUT2D eigenvalue weighted by atomic mass is 32.2. The summed E-state index contributed by atoms with van der Waals surface area (Å²) in [5, 5.41) is 12.2. The number of aromatic hydroxyl groups is 1. The minimum atomic E-state index is -4.87. The number of sulfonamides is 1. The van der Waals surface area contributed by atoms with Crippen LogP contribution in [0.5, 0.6) is 11.5 Å². The summed E-state index contributed by atoms with van der Waals surface area (Å²) in [5.74, 6) is -3.89. The molecule has 0 aromatic heterocycles. The van der Waals surface area contributed by atoms with E-state index >= 15 is 0 Å². The number of benzene rings is 4. The van der Waals surface area contributed by atoms with Gasteiger partial charge in [-0.3, -0.25) is 23.9 Å². The van der Waals surface area contributed by atoms with Crippen LogP contribution in [0.1, 0.15) is 43.6 Å². The molecule has 0 bridgehead atoms. The van der Waals surface area contributed by atoms with Crippen molar-refractivity contribution < 1.29 is 45.6 Å². The van der Waals surface area contributed by atoms with Crippen molar-refractivity contribution in [2.45, 2.75) is 23.4 Å². The number of Topliss-reactive ketones (excluding diaryl/α,β-unsaturated/α-hetero) is 2. The molecule has 4 aromatic carbocycles. The van der Waals surface area contributed by atoms with Gasteiger partial charge in [-0.05, 0) is 59.7 Å². The lowest BCUT2D eigenvalue weighted by molar-refractivity contribution is 0.0882. The number of nitrogens with one attached hydrogen (secondary N) is 1. The van der Waals surface area contributed by atoms with Crippen molar-refractivity contribution in [1.29, 1.82) is 0 Å². The van der Waals surface area contributed by atoms with Gasteiger partial charge in [0.05, 0.1) is 29.3 Å². The van der Waals surface area contributed by atoms with Gasteiger partial charge in [-0.2, -0.15) is 8.42 Å². The summed E-state index contributed by atoms with van der Waals surface area (Å²) in [6, 6.07) is 18.8. The number of carbonyl (C=O) groups is 3. The number of ether oxygens (including phenoxy) is 1. The first-order valence-corrected chi connectivity index (χ1v) is 18.4. The second-order valence-electron chi connectivity index (χ2n) is 12.4. The first-order chi connectivity index (χ1) is 24.1. The van der Waals surface area contributed by atoms with Crippen LogP contribution in [0.2, 0.25) is 0 Å². The average molecular weight is 725 g/mol. The maximum absolute atomic E-state index is 14.2. The Kier molecular flexibility index (Phi) is 8.02. The lowest BCUT2D eigenvalue weighted by atomic mass is 9.78. The van der Waals surface area contributed by atoms with Crippen molar-refractivity contribution in [2.75, 3.05) is 7.11 Å². The predicted octanol–water partition coefficient (Wildman–Crippen LogP) is 4.61. The van der Waals surface area contributed by atoms with E-state index in [1.54, 1.807) is 30.3 Å². The van der Waals surface area contributed by atoms with E-state index in [2.05, 4.69) is 4.72 Å². The molecule has 0 saturated heterocycles. The van der Waals surface area contributed by atoms with Crippen LogP contribution in [-0.2, 0) is 20.1 Å². The van der Waals surface area contributed by atoms with E-state index in [-0.39, 0.29) is 39.3 Å². The van der Waals surface area contributed by atoms with Gasteiger partial charge in [0.15, 0.2) is 17.3 Å². The molecule has 51 heavy (non-hydrogen) atoms. The minimum Gasteiger partial charge on any atom is -0.507 e. The second kappa shape index (κ2) is 12.1. The van der Waals surface area contributed by atoms with Crippen LogP contribution in [0.3, 0.4) is 0 Å². The molecule has 14 heteroatoms. The Hall–Kier alpha value is -5.54. The maximum Gasteiger partial charge on any atom is 0.294 e. The molecule has 12 nitrogen and oxygen atoms in total. The number of ketones is 3. The molecule has 7 rings (SSSR count). The molecular weight excluding hydrogens is 697 g/mol. The molecule has 0 radical (unpaired) electrons. The molecule has 2 atom stereocenters. The fourth-order valence-electron chi connectivity index (χ4n) is 6.58. The van der Waals surface area contributed by atoms with Gasteiger partial charge in [0, 0.05) is 22.8 Å². The summed E-state index contributed by atoms with van der Waals surface area (Å²) >= 11 is 0. The molecule has 4 aromatic rings. The molecule has 2 unspecified atom stereocenters. The molecule has 0 amide bonds. The molecule has 0 fully saturated rings. The zero-order chi connectivity index (χ0) is 36.5. The van der Waals surface area contributed by atoms with Gasteiger partial charge in [-0.1, -0.05) is 60.7 Å². The number of dihydropyridines is 1. The SMILES string of the molecule is COc1cc(O)c(C(=O)c2ccccc2)cc1S(=O)(=O)NC1C=C(S(=O)(=O)O)C=C2C=CC(C3C(=O)c4cc5ccccc5cc4C3=O)=NC21C. The van der Waals surface area contributed by atoms with Crippen molar-refractivity contribution in [3.05, 3.63) is 136 Å². The molecule has 2 aliphatic carbocycles. The Balaban J connectivity index is 1.31. The van der Waals surface area contributed by atoms with Crippen LogP contribution in [0.15, 0.2) is 124 Å². The molecular formula is C37H28N2O10S2. The van der Waals surface area contributed by atoms with Crippen molar-refractivity contribution in [3.63, 3.8) is 0 Å². The highest BCUT2D eigenvalue weighted by molar-refractivity contribution is 7.90. The molecule has 3 N–H and O–H groups in total. The third-order valence-electron chi connectivity index (χ3n) is 9.28. The maximum atomic E-state index is 14.2. The van der Waals surface area contributed by atoms with E-state index in [1.807, 2.05) is 24.3 Å². The van der Waals surface area contributed by atoms with Crippen LogP contribution in [0, 0.1) is 5.92 Å². The number of phenols is 1. The van der Waals surface area contributed by atoms with Gasteiger partial charge in [0.1, 0.15) is 27.9 Å². The largest absolute Gasteiger partial charge is 0.507 e. The standard InChI is InChI=1S/C37H28N2O10S2/c1-37-23(12-13-28(38-37)33-35(42)25-14-21-10-6-7-11-22(21)15-26(25)36(33)43)16-24(51(46,47)48)17-32(37)39-50(44,45)31-18-27(29(40)19-30(31)49-2)34(41)20-8-4-3-5-9-20/h3-19,32-33,39-40H,1-2H3,(H,46,47,48). The van der Waals surface area contributed by atoms with Gasteiger partial charge in [0.25, 0.3) is 10.1 Å². The van der Waals surface area contributed by atoms with E-state index in [1.165, 1.54) is 31.2 Å². The zero-order valence-corrected chi connectivity index (χ0v) is 28.5. The summed E-state index contributed by atoms with van der Waals surface area (Å²) in [6.07, 6.45) is 4.88. The van der Waals surface area contributed by atoms with Crippen molar-refractivity contribution in [1.82, 2.24) is 4.72 Å². The van der Waals surface area contributed by atoms with Gasteiger partial charge in [-0.15, -0.1) is 0 Å². The van der Waals surface area contributed by atoms with Crippen LogP contribution in [-0.4, -0.2) is 68.2 Å². The Morgan fingerprint density at radius 2 is 1.49 bits per heavy atom. The number of carbonyl (C=O) groups excluding carboxylic acids is 3. The van der Waals surface area contributed by atoms with Crippen LogP contribution in [0.25, 0.3) is 10.8 Å².